The molecule has 1 heterocycles. The van der Waals surface area contributed by atoms with E-state index in [1.807, 2.05) is 31.2 Å². The lowest BCUT2D eigenvalue weighted by molar-refractivity contribution is 0.480. The van der Waals surface area contributed by atoms with Gasteiger partial charge in [-0.3, -0.25) is 0 Å². The molecule has 0 aliphatic rings. The van der Waals surface area contributed by atoms with Gasteiger partial charge in [0.25, 0.3) is 0 Å². The van der Waals surface area contributed by atoms with Crippen LogP contribution in [0.4, 0.5) is 5.69 Å². The zero-order valence-electron chi connectivity index (χ0n) is 8.95. The predicted molar refractivity (Wildman–Crippen MR) is 60.5 cm³/mol. The summed E-state index contributed by atoms with van der Waals surface area (Å²) in [6.07, 6.45) is 0.848. The molecule has 0 radical (unpaired) electrons. The van der Waals surface area contributed by atoms with E-state index >= 15 is 0 Å². The molecule has 1 aromatic carbocycles. The van der Waals surface area contributed by atoms with Gasteiger partial charge in [-0.2, -0.15) is 0 Å². The smallest absolute Gasteiger partial charge is 0.191 e. The number of oxazole rings is 1. The molecule has 0 atom stereocenters. The van der Waals surface area contributed by atoms with Crippen LogP contribution >= 0.6 is 0 Å². The van der Waals surface area contributed by atoms with E-state index in [9.17, 15) is 0 Å². The van der Waals surface area contributed by atoms with Crippen molar-refractivity contribution in [1.82, 2.24) is 4.98 Å². The summed E-state index contributed by atoms with van der Waals surface area (Å²) in [4.78, 5) is 4.37. The van der Waals surface area contributed by atoms with E-state index < -0.39 is 0 Å². The van der Waals surface area contributed by atoms with Crippen LogP contribution in [0.2, 0.25) is 0 Å². The second-order valence-electron chi connectivity index (χ2n) is 3.48. The van der Waals surface area contributed by atoms with Gasteiger partial charge in [0.1, 0.15) is 11.5 Å². The zero-order chi connectivity index (χ0) is 10.8. The van der Waals surface area contributed by atoms with Gasteiger partial charge in [-0.15, -0.1) is 0 Å². The number of hydrogen-bond donors (Lipinski definition) is 1. The third kappa shape index (κ3) is 1.86. The van der Waals surface area contributed by atoms with Crippen molar-refractivity contribution in [1.29, 1.82) is 0 Å². The Kier molecular flexibility index (Phi) is 2.46. The quantitative estimate of drug-likeness (QED) is 0.762. The maximum absolute atomic E-state index is 5.64. The predicted octanol–water partition coefficient (Wildman–Crippen LogP) is 2.79. The van der Waals surface area contributed by atoms with Gasteiger partial charge in [-0.05, 0) is 12.1 Å². The second-order valence-corrected chi connectivity index (χ2v) is 3.48. The fraction of sp³-hybridized carbons (Fsp3) is 0.250. The van der Waals surface area contributed by atoms with E-state index in [1.54, 1.807) is 0 Å². The van der Waals surface area contributed by atoms with E-state index in [4.69, 9.17) is 10.2 Å². The summed E-state index contributed by atoms with van der Waals surface area (Å²) in [5.41, 5.74) is 8.38. The third-order valence-electron chi connectivity index (χ3n) is 2.31. The molecule has 15 heavy (non-hydrogen) atoms. The maximum atomic E-state index is 5.64. The molecule has 0 spiro atoms. The fourth-order valence-electron chi connectivity index (χ4n) is 1.58. The minimum absolute atomic E-state index is 0.707. The first-order chi connectivity index (χ1) is 7.20. The molecule has 0 unspecified atom stereocenters. The van der Waals surface area contributed by atoms with Gasteiger partial charge in [0, 0.05) is 24.6 Å². The number of nitrogen functional groups attached to an aromatic ring is 1. The summed E-state index contributed by atoms with van der Waals surface area (Å²) in [6.45, 7) is 3.92. The van der Waals surface area contributed by atoms with Gasteiger partial charge in [0.2, 0.25) is 0 Å². The van der Waals surface area contributed by atoms with Crippen LogP contribution in [0.25, 0.3) is 11.3 Å². The number of hydrogen-bond acceptors (Lipinski definition) is 3. The van der Waals surface area contributed by atoms with Crippen LogP contribution in [-0.4, -0.2) is 4.98 Å². The average Bonchev–Trinajstić information content (AvgIpc) is 2.61. The summed E-state index contributed by atoms with van der Waals surface area (Å²) < 4.78 is 5.51. The van der Waals surface area contributed by atoms with E-state index in [0.717, 1.165) is 29.1 Å². The molecule has 0 saturated carbocycles. The zero-order valence-corrected chi connectivity index (χ0v) is 8.95. The number of aromatic nitrogens is 1. The molecule has 2 N–H and O–H groups in total. The summed E-state index contributed by atoms with van der Waals surface area (Å²) >= 11 is 0. The van der Waals surface area contributed by atoms with Crippen molar-refractivity contribution >= 4 is 5.69 Å². The van der Waals surface area contributed by atoms with Crippen LogP contribution in [0.5, 0.6) is 0 Å². The number of aryl methyl sites for hydroxylation is 2. The SMILES string of the molecule is CCc1oc(C)nc1-c1ccc(N)cc1. The number of anilines is 1. The summed E-state index contributed by atoms with van der Waals surface area (Å²) in [5.74, 6) is 1.64. The van der Waals surface area contributed by atoms with Gasteiger partial charge in [0.05, 0.1) is 0 Å². The molecule has 1 aromatic heterocycles. The third-order valence-corrected chi connectivity index (χ3v) is 2.31. The molecule has 0 aliphatic heterocycles. The minimum Gasteiger partial charge on any atom is -0.445 e. The van der Waals surface area contributed by atoms with E-state index in [2.05, 4.69) is 11.9 Å². The molecule has 0 saturated heterocycles. The Bertz CT molecular complexity index is 457. The highest BCUT2D eigenvalue weighted by molar-refractivity contribution is 5.63. The van der Waals surface area contributed by atoms with Crippen molar-refractivity contribution in [2.24, 2.45) is 0 Å². The Morgan fingerprint density at radius 3 is 2.53 bits per heavy atom. The first-order valence-electron chi connectivity index (χ1n) is 5.03. The van der Waals surface area contributed by atoms with Crippen LogP contribution < -0.4 is 5.73 Å². The van der Waals surface area contributed by atoms with Crippen LogP contribution in [0.3, 0.4) is 0 Å². The van der Waals surface area contributed by atoms with E-state index in [-0.39, 0.29) is 0 Å². The van der Waals surface area contributed by atoms with Gasteiger partial charge in [-0.25, -0.2) is 4.98 Å². The van der Waals surface area contributed by atoms with Gasteiger partial charge < -0.3 is 10.2 Å². The molecule has 3 nitrogen and oxygen atoms in total. The topological polar surface area (TPSA) is 52.0 Å². The van der Waals surface area contributed by atoms with E-state index in [1.165, 1.54) is 0 Å². The molecule has 0 amide bonds. The Morgan fingerprint density at radius 2 is 1.93 bits per heavy atom. The monoisotopic (exact) mass is 202 g/mol. The number of benzene rings is 1. The lowest BCUT2D eigenvalue weighted by Gasteiger charge is -1.99. The van der Waals surface area contributed by atoms with Crippen LogP contribution in [0.1, 0.15) is 18.6 Å². The van der Waals surface area contributed by atoms with E-state index in [0.29, 0.717) is 5.89 Å². The van der Waals surface area contributed by atoms with Crippen molar-refractivity contribution < 1.29 is 4.42 Å². The van der Waals surface area contributed by atoms with Gasteiger partial charge in [-0.1, -0.05) is 19.1 Å². The molecule has 3 heteroatoms. The Morgan fingerprint density at radius 1 is 1.27 bits per heavy atom. The van der Waals surface area contributed by atoms with Crippen molar-refractivity contribution in [3.8, 4) is 11.3 Å². The first kappa shape index (κ1) is 9.77. The van der Waals surface area contributed by atoms with Crippen LogP contribution in [0.15, 0.2) is 28.7 Å². The Hall–Kier alpha value is -1.77. The molecule has 2 aromatic rings. The second kappa shape index (κ2) is 3.77. The summed E-state index contributed by atoms with van der Waals surface area (Å²) in [6, 6.07) is 7.68. The first-order valence-corrected chi connectivity index (χ1v) is 5.03. The van der Waals surface area contributed by atoms with Crippen LogP contribution in [0, 0.1) is 6.92 Å². The Balaban J connectivity index is 2.48. The highest BCUT2D eigenvalue weighted by Gasteiger charge is 2.10. The standard InChI is InChI=1S/C12H14N2O/c1-3-11-12(14-8(2)15-11)9-4-6-10(13)7-5-9/h4-7H,3,13H2,1-2H3. The molecule has 2 rings (SSSR count). The molecular weight excluding hydrogens is 188 g/mol. The minimum atomic E-state index is 0.707. The fourth-order valence-corrected chi connectivity index (χ4v) is 1.58. The largest absolute Gasteiger partial charge is 0.445 e. The lowest BCUT2D eigenvalue weighted by Crippen LogP contribution is -1.86. The number of nitrogens with two attached hydrogens (primary N) is 1. The number of rotatable bonds is 2. The van der Waals surface area contributed by atoms with Crippen molar-refractivity contribution in [3.63, 3.8) is 0 Å². The van der Waals surface area contributed by atoms with Gasteiger partial charge in [0.15, 0.2) is 5.89 Å². The van der Waals surface area contributed by atoms with Crippen molar-refractivity contribution in [2.75, 3.05) is 5.73 Å². The number of nitrogens with zero attached hydrogens (tertiary/aromatic N) is 1. The molecule has 0 aliphatic carbocycles. The highest BCUT2D eigenvalue weighted by Crippen LogP contribution is 2.24. The summed E-state index contributed by atoms with van der Waals surface area (Å²) in [7, 11) is 0. The normalized spacial score (nSPS) is 10.5. The van der Waals surface area contributed by atoms with Crippen molar-refractivity contribution in [3.05, 3.63) is 35.9 Å². The molecular formula is C12H14N2O. The van der Waals surface area contributed by atoms with Crippen molar-refractivity contribution in [2.45, 2.75) is 20.3 Å². The van der Waals surface area contributed by atoms with Crippen LogP contribution in [-0.2, 0) is 6.42 Å². The Labute approximate surface area is 88.9 Å². The average molecular weight is 202 g/mol. The molecule has 78 valence electrons. The highest BCUT2D eigenvalue weighted by atomic mass is 16.4. The molecule has 0 fully saturated rings. The maximum Gasteiger partial charge on any atom is 0.191 e. The summed E-state index contributed by atoms with van der Waals surface area (Å²) in [5, 5.41) is 0. The molecule has 0 bridgehead atoms. The van der Waals surface area contributed by atoms with Gasteiger partial charge >= 0.3 is 0 Å². The lowest BCUT2D eigenvalue weighted by atomic mass is 10.1.